The van der Waals surface area contributed by atoms with Crippen molar-refractivity contribution in [3.05, 3.63) is 47.6 Å². The molecule has 3 rings (SSSR count). The molecule has 166 valence electrons. The van der Waals surface area contributed by atoms with Gasteiger partial charge in [-0.15, -0.1) is 0 Å². The van der Waals surface area contributed by atoms with Crippen LogP contribution in [0.2, 0.25) is 0 Å². The summed E-state index contributed by atoms with van der Waals surface area (Å²) in [4.78, 5) is 29.4. The summed E-state index contributed by atoms with van der Waals surface area (Å²) in [6.07, 6.45) is 11.2. The molecule has 0 unspecified atom stereocenters. The maximum absolute atomic E-state index is 12.7. The number of allylic oxidation sites excluding steroid dienone is 1. The average Bonchev–Trinajstić information content (AvgIpc) is 3.17. The van der Waals surface area contributed by atoms with Gasteiger partial charge in [-0.25, -0.2) is 4.98 Å². The second-order valence-corrected chi connectivity index (χ2v) is 7.52. The number of amides is 2. The van der Waals surface area contributed by atoms with Crippen LogP contribution in [0.1, 0.15) is 48.3 Å². The Balaban J connectivity index is 1.71. The van der Waals surface area contributed by atoms with Crippen molar-refractivity contribution in [1.29, 1.82) is 0 Å². The quantitative estimate of drug-likeness (QED) is 0.599. The van der Waals surface area contributed by atoms with Crippen LogP contribution >= 0.6 is 0 Å². The van der Waals surface area contributed by atoms with Crippen molar-refractivity contribution in [2.24, 2.45) is 0 Å². The first-order valence-corrected chi connectivity index (χ1v) is 10.5. The summed E-state index contributed by atoms with van der Waals surface area (Å²) in [7, 11) is 2.99. The SMILES string of the molecule is COc1cc(C(=O)NCCC2=CCCCC2)cc(NC(=O)Cn2ccnc2C)c1OC. The summed E-state index contributed by atoms with van der Waals surface area (Å²) in [5, 5.41) is 5.78. The molecule has 0 spiro atoms. The Morgan fingerprint density at radius 2 is 2.03 bits per heavy atom. The van der Waals surface area contributed by atoms with Gasteiger partial charge in [0, 0.05) is 24.5 Å². The van der Waals surface area contributed by atoms with Crippen LogP contribution in [-0.2, 0) is 11.3 Å². The number of nitrogens with one attached hydrogen (secondary N) is 2. The van der Waals surface area contributed by atoms with E-state index >= 15 is 0 Å². The van der Waals surface area contributed by atoms with Crippen LogP contribution in [0.5, 0.6) is 11.5 Å². The Labute approximate surface area is 182 Å². The molecule has 0 atom stereocenters. The van der Waals surface area contributed by atoms with Crippen molar-refractivity contribution in [3.63, 3.8) is 0 Å². The lowest BCUT2D eigenvalue weighted by molar-refractivity contribution is -0.116. The fraction of sp³-hybridized carbons (Fsp3) is 0.435. The lowest BCUT2D eigenvalue weighted by Gasteiger charge is -2.17. The van der Waals surface area contributed by atoms with Gasteiger partial charge in [0.2, 0.25) is 5.91 Å². The van der Waals surface area contributed by atoms with E-state index in [9.17, 15) is 9.59 Å². The van der Waals surface area contributed by atoms with Gasteiger partial charge in [0.15, 0.2) is 11.5 Å². The molecule has 2 amide bonds. The number of carbonyl (C=O) groups is 2. The molecule has 8 heteroatoms. The van der Waals surface area contributed by atoms with E-state index in [0.717, 1.165) is 25.1 Å². The topological polar surface area (TPSA) is 94.5 Å². The summed E-state index contributed by atoms with van der Waals surface area (Å²) < 4.78 is 12.5. The van der Waals surface area contributed by atoms with E-state index in [1.807, 2.05) is 6.92 Å². The molecule has 0 radical (unpaired) electrons. The number of hydrogen-bond acceptors (Lipinski definition) is 5. The lowest BCUT2D eigenvalue weighted by atomic mass is 9.97. The Morgan fingerprint density at radius 1 is 1.19 bits per heavy atom. The van der Waals surface area contributed by atoms with E-state index in [4.69, 9.17) is 9.47 Å². The highest BCUT2D eigenvalue weighted by molar-refractivity contribution is 5.99. The molecule has 1 aromatic carbocycles. The molecule has 1 aliphatic carbocycles. The summed E-state index contributed by atoms with van der Waals surface area (Å²) in [5.41, 5.74) is 2.18. The number of anilines is 1. The molecular formula is C23H30N4O4. The van der Waals surface area contributed by atoms with Crippen LogP contribution in [0, 0.1) is 6.92 Å². The van der Waals surface area contributed by atoms with E-state index in [1.165, 1.54) is 32.6 Å². The minimum atomic E-state index is -0.261. The van der Waals surface area contributed by atoms with Gasteiger partial charge < -0.3 is 24.7 Å². The van der Waals surface area contributed by atoms with Crippen LogP contribution in [0.15, 0.2) is 36.2 Å². The number of aryl methyl sites for hydroxylation is 1. The van der Waals surface area contributed by atoms with Gasteiger partial charge in [-0.3, -0.25) is 9.59 Å². The van der Waals surface area contributed by atoms with E-state index in [0.29, 0.717) is 29.3 Å². The number of ether oxygens (including phenoxy) is 2. The predicted octanol–water partition coefficient (Wildman–Crippen LogP) is 3.47. The molecule has 0 fully saturated rings. The Morgan fingerprint density at radius 3 is 2.68 bits per heavy atom. The van der Waals surface area contributed by atoms with E-state index in [-0.39, 0.29) is 18.4 Å². The van der Waals surface area contributed by atoms with E-state index < -0.39 is 0 Å². The highest BCUT2D eigenvalue weighted by Crippen LogP contribution is 2.36. The minimum absolute atomic E-state index is 0.100. The first-order chi connectivity index (χ1) is 15.0. The number of aromatic nitrogens is 2. The highest BCUT2D eigenvalue weighted by Gasteiger charge is 2.18. The number of benzene rings is 1. The average molecular weight is 427 g/mol. The monoisotopic (exact) mass is 426 g/mol. The number of imidazole rings is 1. The third-order valence-corrected chi connectivity index (χ3v) is 5.37. The lowest BCUT2D eigenvalue weighted by Crippen LogP contribution is -2.25. The van der Waals surface area contributed by atoms with Crippen molar-refractivity contribution in [2.45, 2.75) is 45.6 Å². The number of nitrogens with zero attached hydrogens (tertiary/aromatic N) is 2. The van der Waals surface area contributed by atoms with Crippen molar-refractivity contribution in [1.82, 2.24) is 14.9 Å². The second-order valence-electron chi connectivity index (χ2n) is 7.52. The largest absolute Gasteiger partial charge is 0.493 e. The van der Waals surface area contributed by atoms with Crippen molar-refractivity contribution >= 4 is 17.5 Å². The highest BCUT2D eigenvalue weighted by atomic mass is 16.5. The van der Waals surface area contributed by atoms with Crippen LogP contribution in [-0.4, -0.2) is 42.1 Å². The van der Waals surface area contributed by atoms with E-state index in [2.05, 4.69) is 21.7 Å². The molecule has 2 aromatic rings. The summed E-state index contributed by atoms with van der Waals surface area (Å²) in [6, 6.07) is 3.22. The first-order valence-electron chi connectivity index (χ1n) is 10.5. The molecular weight excluding hydrogens is 396 g/mol. The molecule has 0 saturated heterocycles. The van der Waals surface area contributed by atoms with Gasteiger partial charge >= 0.3 is 0 Å². The number of carbonyl (C=O) groups excluding carboxylic acids is 2. The van der Waals surface area contributed by atoms with Gasteiger partial charge in [0.05, 0.1) is 19.9 Å². The Kier molecular flexibility index (Phi) is 7.70. The fourth-order valence-corrected chi connectivity index (χ4v) is 3.67. The second kappa shape index (κ2) is 10.7. The molecule has 2 N–H and O–H groups in total. The molecule has 0 saturated carbocycles. The zero-order chi connectivity index (χ0) is 22.2. The van der Waals surface area contributed by atoms with Gasteiger partial charge in [-0.2, -0.15) is 0 Å². The van der Waals surface area contributed by atoms with Gasteiger partial charge in [0.25, 0.3) is 5.91 Å². The molecule has 0 bridgehead atoms. The molecule has 1 heterocycles. The van der Waals surface area contributed by atoms with Crippen LogP contribution in [0.25, 0.3) is 0 Å². The van der Waals surface area contributed by atoms with Gasteiger partial charge in [-0.05, 0) is 51.2 Å². The van der Waals surface area contributed by atoms with Crippen molar-refractivity contribution in [3.8, 4) is 11.5 Å². The normalized spacial score (nSPS) is 13.3. The fourth-order valence-electron chi connectivity index (χ4n) is 3.67. The van der Waals surface area contributed by atoms with Crippen LogP contribution in [0.4, 0.5) is 5.69 Å². The maximum atomic E-state index is 12.7. The molecule has 0 aliphatic heterocycles. The summed E-state index contributed by atoms with van der Waals surface area (Å²) in [6.45, 7) is 2.49. The zero-order valence-corrected chi connectivity index (χ0v) is 18.4. The molecule has 8 nitrogen and oxygen atoms in total. The first kappa shape index (κ1) is 22.4. The van der Waals surface area contributed by atoms with Crippen molar-refractivity contribution < 1.29 is 19.1 Å². The molecule has 1 aromatic heterocycles. The molecule has 1 aliphatic rings. The third kappa shape index (κ3) is 5.87. The number of methoxy groups -OCH3 is 2. The minimum Gasteiger partial charge on any atom is -0.493 e. The summed E-state index contributed by atoms with van der Waals surface area (Å²) >= 11 is 0. The molecule has 31 heavy (non-hydrogen) atoms. The third-order valence-electron chi connectivity index (χ3n) is 5.37. The Bertz CT molecular complexity index is 964. The van der Waals surface area contributed by atoms with Crippen molar-refractivity contribution in [2.75, 3.05) is 26.1 Å². The van der Waals surface area contributed by atoms with Gasteiger partial charge in [0.1, 0.15) is 12.4 Å². The van der Waals surface area contributed by atoms with Crippen LogP contribution < -0.4 is 20.1 Å². The predicted molar refractivity (Wildman–Crippen MR) is 119 cm³/mol. The number of hydrogen-bond donors (Lipinski definition) is 2. The smallest absolute Gasteiger partial charge is 0.251 e. The standard InChI is InChI=1S/C23H30N4O4/c1-16-24-11-12-27(16)15-21(28)26-19-13-18(14-20(30-2)22(19)31-3)23(29)25-10-9-17-7-5-4-6-8-17/h7,11-14H,4-6,8-10,15H2,1-3H3,(H,25,29)(H,26,28). The number of rotatable bonds is 9. The van der Waals surface area contributed by atoms with Gasteiger partial charge in [-0.1, -0.05) is 11.6 Å². The van der Waals surface area contributed by atoms with E-state index in [1.54, 1.807) is 29.1 Å². The maximum Gasteiger partial charge on any atom is 0.251 e. The summed E-state index contributed by atoms with van der Waals surface area (Å²) in [5.74, 6) is 0.990. The zero-order valence-electron chi connectivity index (χ0n) is 18.4. The van der Waals surface area contributed by atoms with Crippen LogP contribution in [0.3, 0.4) is 0 Å². The Hall–Kier alpha value is -3.29.